The third-order valence-corrected chi connectivity index (χ3v) is 5.33. The van der Waals surface area contributed by atoms with E-state index < -0.39 is 5.76 Å². The number of alkyl halides is 2. The molecule has 0 aliphatic rings. The summed E-state index contributed by atoms with van der Waals surface area (Å²) in [7, 11) is 0. The molecule has 7 heteroatoms. The molecule has 0 aliphatic heterocycles. The third kappa shape index (κ3) is 6.37. The summed E-state index contributed by atoms with van der Waals surface area (Å²) in [5, 5.41) is 8.17. The molecule has 140 valence electrons. The minimum absolute atomic E-state index is 0.149. The van der Waals surface area contributed by atoms with Crippen LogP contribution in [0.4, 0.5) is 20.2 Å². The van der Waals surface area contributed by atoms with Crippen molar-refractivity contribution in [2.75, 3.05) is 10.6 Å². The molecule has 0 fully saturated rings. The molecule has 3 aromatic rings. The van der Waals surface area contributed by atoms with Crippen molar-refractivity contribution in [1.82, 2.24) is 0 Å². The maximum atomic E-state index is 12.3. The van der Waals surface area contributed by atoms with Crippen LogP contribution in [0, 0.1) is 0 Å². The number of carbonyl (C=O) groups is 1. The molecule has 0 bridgehead atoms. The van der Waals surface area contributed by atoms with Crippen molar-refractivity contribution >= 4 is 40.4 Å². The number of hydrogen-bond donors (Lipinski definition) is 2. The van der Waals surface area contributed by atoms with E-state index in [1.807, 2.05) is 35.7 Å². The Morgan fingerprint density at radius 2 is 1.70 bits per heavy atom. The van der Waals surface area contributed by atoms with Crippen molar-refractivity contribution in [2.24, 2.45) is 0 Å². The van der Waals surface area contributed by atoms with Gasteiger partial charge in [-0.25, -0.2) is 0 Å². The Morgan fingerprint density at radius 3 is 2.33 bits per heavy atom. The van der Waals surface area contributed by atoms with E-state index in [2.05, 4.69) is 16.7 Å². The summed E-state index contributed by atoms with van der Waals surface area (Å²) >= 11 is 2.19. The quantitative estimate of drug-likeness (QED) is 0.462. The lowest BCUT2D eigenvalue weighted by molar-refractivity contribution is -0.115. The Kier molecular flexibility index (Phi) is 6.84. The molecule has 0 radical (unpaired) electrons. The Hall–Kier alpha value is -2.38. The molecule has 0 spiro atoms. The van der Waals surface area contributed by atoms with E-state index in [4.69, 9.17) is 0 Å². The molecule has 0 saturated carbocycles. The SMILES string of the molecule is O=C(Cc1ccc(NCc2cccs2)cc1)Nc1ccc(SC(F)F)cc1. The van der Waals surface area contributed by atoms with Crippen molar-refractivity contribution < 1.29 is 13.6 Å². The van der Waals surface area contributed by atoms with E-state index in [1.165, 1.54) is 4.88 Å². The van der Waals surface area contributed by atoms with Crippen LogP contribution < -0.4 is 10.6 Å². The number of benzene rings is 2. The van der Waals surface area contributed by atoms with Crippen LogP contribution in [0.5, 0.6) is 0 Å². The predicted molar refractivity (Wildman–Crippen MR) is 109 cm³/mol. The lowest BCUT2D eigenvalue weighted by atomic mass is 10.1. The van der Waals surface area contributed by atoms with E-state index in [-0.39, 0.29) is 12.3 Å². The van der Waals surface area contributed by atoms with Crippen LogP contribution in [-0.2, 0) is 17.8 Å². The first kappa shape index (κ1) is 19.4. The molecule has 3 rings (SSSR count). The molecule has 2 aromatic carbocycles. The zero-order valence-electron chi connectivity index (χ0n) is 14.3. The summed E-state index contributed by atoms with van der Waals surface area (Å²) < 4.78 is 24.6. The van der Waals surface area contributed by atoms with Crippen LogP contribution in [0.25, 0.3) is 0 Å². The van der Waals surface area contributed by atoms with Gasteiger partial charge >= 0.3 is 0 Å². The second-order valence-electron chi connectivity index (χ2n) is 5.76. The Balaban J connectivity index is 1.48. The number of hydrogen-bond acceptors (Lipinski definition) is 4. The Labute approximate surface area is 164 Å². The van der Waals surface area contributed by atoms with Crippen molar-refractivity contribution in [3.05, 3.63) is 76.5 Å². The molecule has 0 atom stereocenters. The fourth-order valence-corrected chi connectivity index (χ4v) is 3.60. The van der Waals surface area contributed by atoms with E-state index in [0.717, 1.165) is 17.8 Å². The molecule has 27 heavy (non-hydrogen) atoms. The molecule has 1 aromatic heterocycles. The first-order chi connectivity index (χ1) is 13.1. The molecule has 2 N–H and O–H groups in total. The third-order valence-electron chi connectivity index (χ3n) is 3.73. The van der Waals surface area contributed by atoms with Crippen molar-refractivity contribution in [1.29, 1.82) is 0 Å². The second kappa shape index (κ2) is 9.53. The highest BCUT2D eigenvalue weighted by Gasteiger charge is 2.07. The highest BCUT2D eigenvalue weighted by molar-refractivity contribution is 7.99. The van der Waals surface area contributed by atoms with Crippen LogP contribution in [-0.4, -0.2) is 11.7 Å². The number of thiophene rings is 1. The fourth-order valence-electron chi connectivity index (χ4n) is 2.45. The molecule has 0 unspecified atom stereocenters. The van der Waals surface area contributed by atoms with Crippen LogP contribution in [0.3, 0.4) is 0 Å². The number of rotatable bonds is 8. The first-order valence-electron chi connectivity index (χ1n) is 8.28. The minimum Gasteiger partial charge on any atom is -0.380 e. The van der Waals surface area contributed by atoms with E-state index in [1.54, 1.807) is 35.6 Å². The van der Waals surface area contributed by atoms with Crippen LogP contribution in [0.2, 0.25) is 0 Å². The van der Waals surface area contributed by atoms with Gasteiger partial charge in [-0.3, -0.25) is 4.79 Å². The zero-order valence-corrected chi connectivity index (χ0v) is 16.0. The molecule has 0 saturated heterocycles. The molecular formula is C20H18F2N2OS2. The lowest BCUT2D eigenvalue weighted by Crippen LogP contribution is -2.14. The maximum Gasteiger partial charge on any atom is 0.288 e. The monoisotopic (exact) mass is 404 g/mol. The van der Waals surface area contributed by atoms with Gasteiger partial charge in [0.05, 0.1) is 6.42 Å². The van der Waals surface area contributed by atoms with Gasteiger partial charge in [-0.1, -0.05) is 30.0 Å². The first-order valence-corrected chi connectivity index (χ1v) is 10.0. The summed E-state index contributed by atoms with van der Waals surface area (Å²) in [5.41, 5.74) is 2.49. The van der Waals surface area contributed by atoms with Gasteiger partial charge in [-0.05, 0) is 53.4 Å². The van der Waals surface area contributed by atoms with Gasteiger partial charge in [0.15, 0.2) is 0 Å². The normalized spacial score (nSPS) is 10.8. The Bertz CT molecular complexity index is 851. The minimum atomic E-state index is -2.45. The zero-order chi connectivity index (χ0) is 19.1. The molecule has 3 nitrogen and oxygen atoms in total. The number of nitrogens with one attached hydrogen (secondary N) is 2. The molecule has 0 aliphatic carbocycles. The highest BCUT2D eigenvalue weighted by atomic mass is 32.2. The van der Waals surface area contributed by atoms with E-state index >= 15 is 0 Å². The summed E-state index contributed by atoms with van der Waals surface area (Å²) in [6.07, 6.45) is 0.249. The number of carbonyl (C=O) groups excluding carboxylic acids is 1. The van der Waals surface area contributed by atoms with Gasteiger partial charge in [0.25, 0.3) is 5.76 Å². The summed E-state index contributed by atoms with van der Waals surface area (Å²) in [5.74, 6) is -2.60. The average Bonchev–Trinajstić information content (AvgIpc) is 3.16. The summed E-state index contributed by atoms with van der Waals surface area (Å²) in [4.78, 5) is 13.9. The van der Waals surface area contributed by atoms with Crippen molar-refractivity contribution in [3.63, 3.8) is 0 Å². The van der Waals surface area contributed by atoms with E-state index in [0.29, 0.717) is 22.3 Å². The van der Waals surface area contributed by atoms with Crippen molar-refractivity contribution in [3.8, 4) is 0 Å². The topological polar surface area (TPSA) is 41.1 Å². The van der Waals surface area contributed by atoms with Gasteiger partial charge in [-0.2, -0.15) is 8.78 Å². The standard InChI is InChI=1S/C20H18F2N2OS2/c21-20(22)27-17-9-7-16(8-10-17)24-19(25)12-14-3-5-15(6-4-14)23-13-18-2-1-11-26-18/h1-11,20,23H,12-13H2,(H,24,25). The van der Waals surface area contributed by atoms with Crippen LogP contribution >= 0.6 is 23.1 Å². The van der Waals surface area contributed by atoms with Crippen LogP contribution in [0.15, 0.2) is 70.9 Å². The number of halogens is 2. The fraction of sp³-hybridized carbons (Fsp3) is 0.150. The second-order valence-corrected chi connectivity index (χ2v) is 7.85. The Morgan fingerprint density at radius 1 is 1.00 bits per heavy atom. The lowest BCUT2D eigenvalue weighted by Gasteiger charge is -2.08. The summed E-state index contributed by atoms with van der Waals surface area (Å²) in [6, 6.07) is 18.2. The van der Waals surface area contributed by atoms with Gasteiger partial charge in [-0.15, -0.1) is 11.3 Å². The predicted octanol–water partition coefficient (Wildman–Crippen LogP) is 5.86. The number of anilines is 2. The molecular weight excluding hydrogens is 386 g/mol. The summed E-state index contributed by atoms with van der Waals surface area (Å²) in [6.45, 7) is 0.775. The van der Waals surface area contributed by atoms with Gasteiger partial charge in [0.1, 0.15) is 0 Å². The molecule has 1 amide bonds. The van der Waals surface area contributed by atoms with Gasteiger partial charge in [0, 0.05) is 27.7 Å². The van der Waals surface area contributed by atoms with Crippen molar-refractivity contribution in [2.45, 2.75) is 23.6 Å². The maximum absolute atomic E-state index is 12.3. The average molecular weight is 405 g/mol. The largest absolute Gasteiger partial charge is 0.380 e. The number of thioether (sulfide) groups is 1. The smallest absolute Gasteiger partial charge is 0.288 e. The van der Waals surface area contributed by atoms with Crippen LogP contribution in [0.1, 0.15) is 10.4 Å². The van der Waals surface area contributed by atoms with Gasteiger partial charge in [0.2, 0.25) is 5.91 Å². The number of amides is 1. The highest BCUT2D eigenvalue weighted by Crippen LogP contribution is 2.26. The van der Waals surface area contributed by atoms with E-state index in [9.17, 15) is 13.6 Å². The van der Waals surface area contributed by atoms with Gasteiger partial charge < -0.3 is 10.6 Å². The molecule has 1 heterocycles.